The summed E-state index contributed by atoms with van der Waals surface area (Å²) in [5.41, 5.74) is 2.73. The molecule has 1 saturated heterocycles. The van der Waals surface area contributed by atoms with Crippen molar-refractivity contribution in [2.24, 2.45) is 5.41 Å². The molecule has 0 aliphatic carbocycles. The fraction of sp³-hybridized carbons (Fsp3) is 0.500. The van der Waals surface area contributed by atoms with Gasteiger partial charge in [0.25, 0.3) is 0 Å². The molecule has 3 rings (SSSR count). The van der Waals surface area contributed by atoms with E-state index in [1.807, 2.05) is 43.3 Å². The van der Waals surface area contributed by atoms with Crippen LogP contribution in [0, 0.1) is 5.41 Å². The predicted octanol–water partition coefficient (Wildman–Crippen LogP) is 6.03. The SMILES string of the molecule is CCCCCc1ccc(OC(=O)C2(C)COC(c3ccc(CCC)cc3)OC2)cc1. The van der Waals surface area contributed by atoms with Crippen LogP contribution in [0.1, 0.15) is 69.4 Å². The molecule has 4 heteroatoms. The van der Waals surface area contributed by atoms with Gasteiger partial charge in [0, 0.05) is 5.56 Å². The lowest BCUT2D eigenvalue weighted by Crippen LogP contribution is -2.44. The van der Waals surface area contributed by atoms with Gasteiger partial charge in [0.05, 0.1) is 13.2 Å². The molecule has 2 aromatic carbocycles. The molecule has 0 saturated carbocycles. The highest BCUT2D eigenvalue weighted by molar-refractivity contribution is 5.79. The minimum Gasteiger partial charge on any atom is -0.426 e. The van der Waals surface area contributed by atoms with E-state index < -0.39 is 11.7 Å². The molecular weight excluding hydrogens is 376 g/mol. The summed E-state index contributed by atoms with van der Waals surface area (Å²) >= 11 is 0. The Hall–Kier alpha value is -2.17. The number of hydrogen-bond donors (Lipinski definition) is 0. The number of ether oxygens (including phenoxy) is 3. The Bertz CT molecular complexity index is 787. The van der Waals surface area contributed by atoms with Gasteiger partial charge in [-0.05, 0) is 49.4 Å². The molecular formula is C26H34O4. The predicted molar refractivity (Wildman–Crippen MR) is 118 cm³/mol. The fourth-order valence-electron chi connectivity index (χ4n) is 3.58. The molecule has 1 aliphatic heterocycles. The first-order valence-corrected chi connectivity index (χ1v) is 11.2. The summed E-state index contributed by atoms with van der Waals surface area (Å²) in [5, 5.41) is 0. The fourth-order valence-corrected chi connectivity index (χ4v) is 3.58. The summed E-state index contributed by atoms with van der Waals surface area (Å²) in [6.07, 6.45) is 6.44. The first-order chi connectivity index (χ1) is 14.5. The summed E-state index contributed by atoms with van der Waals surface area (Å²) in [7, 11) is 0. The molecule has 0 unspecified atom stereocenters. The molecule has 0 amide bonds. The zero-order valence-electron chi connectivity index (χ0n) is 18.5. The highest BCUT2D eigenvalue weighted by Gasteiger charge is 2.41. The first kappa shape index (κ1) is 22.5. The van der Waals surface area contributed by atoms with Gasteiger partial charge in [0.1, 0.15) is 11.2 Å². The third-order valence-electron chi connectivity index (χ3n) is 5.59. The van der Waals surface area contributed by atoms with Crippen molar-refractivity contribution in [3.63, 3.8) is 0 Å². The molecule has 0 N–H and O–H groups in total. The molecule has 30 heavy (non-hydrogen) atoms. The second-order valence-electron chi connectivity index (χ2n) is 8.50. The quantitative estimate of drug-likeness (QED) is 0.288. The Morgan fingerprint density at radius 2 is 1.50 bits per heavy atom. The average molecular weight is 411 g/mol. The number of rotatable bonds is 9. The van der Waals surface area contributed by atoms with Crippen molar-refractivity contribution >= 4 is 5.97 Å². The summed E-state index contributed by atoms with van der Waals surface area (Å²) < 4.78 is 17.4. The monoisotopic (exact) mass is 410 g/mol. The maximum absolute atomic E-state index is 12.8. The average Bonchev–Trinajstić information content (AvgIpc) is 2.76. The van der Waals surface area contributed by atoms with Gasteiger partial charge in [-0.15, -0.1) is 0 Å². The standard InChI is InChI=1S/C26H34O4/c1-4-6-7-9-21-12-16-23(17-13-21)30-25(27)26(3)18-28-24(29-19-26)22-14-10-20(8-5-2)11-15-22/h10-17,24H,4-9,18-19H2,1-3H3. The Labute approximate surface area is 180 Å². The molecule has 0 radical (unpaired) electrons. The van der Waals surface area contributed by atoms with E-state index in [-0.39, 0.29) is 19.2 Å². The number of carbonyl (C=O) groups excluding carboxylic acids is 1. The van der Waals surface area contributed by atoms with E-state index in [0.717, 1.165) is 24.8 Å². The Morgan fingerprint density at radius 3 is 2.10 bits per heavy atom. The van der Waals surface area contributed by atoms with Crippen molar-refractivity contribution in [2.45, 2.75) is 65.6 Å². The van der Waals surface area contributed by atoms with Crippen molar-refractivity contribution < 1.29 is 19.0 Å². The number of unbranched alkanes of at least 4 members (excludes halogenated alkanes) is 2. The summed E-state index contributed by atoms with van der Waals surface area (Å²) in [4.78, 5) is 12.8. The van der Waals surface area contributed by atoms with Crippen LogP contribution in [0.3, 0.4) is 0 Å². The Kier molecular flexibility index (Phi) is 8.06. The molecule has 2 aromatic rings. The van der Waals surface area contributed by atoms with Gasteiger partial charge >= 0.3 is 5.97 Å². The van der Waals surface area contributed by atoms with Gasteiger partial charge in [-0.1, -0.05) is 69.5 Å². The Balaban J connectivity index is 1.52. The topological polar surface area (TPSA) is 44.8 Å². The van der Waals surface area contributed by atoms with Gasteiger partial charge in [-0.2, -0.15) is 0 Å². The summed E-state index contributed by atoms with van der Waals surface area (Å²) in [6, 6.07) is 16.1. The van der Waals surface area contributed by atoms with E-state index in [4.69, 9.17) is 14.2 Å². The minimum atomic E-state index is -0.821. The molecule has 0 spiro atoms. The maximum atomic E-state index is 12.8. The van der Waals surface area contributed by atoms with Gasteiger partial charge in [-0.3, -0.25) is 4.79 Å². The van der Waals surface area contributed by atoms with E-state index in [2.05, 4.69) is 26.0 Å². The Morgan fingerprint density at radius 1 is 0.900 bits per heavy atom. The van der Waals surface area contributed by atoms with Crippen molar-refractivity contribution in [1.29, 1.82) is 0 Å². The van der Waals surface area contributed by atoms with E-state index in [1.54, 1.807) is 0 Å². The molecule has 1 aliphatic rings. The summed E-state index contributed by atoms with van der Waals surface area (Å²) in [5.74, 6) is 0.243. The maximum Gasteiger partial charge on any atom is 0.321 e. The lowest BCUT2D eigenvalue weighted by Gasteiger charge is -2.35. The van der Waals surface area contributed by atoms with Crippen LogP contribution in [0.5, 0.6) is 5.75 Å². The molecule has 0 atom stereocenters. The molecule has 0 aromatic heterocycles. The van der Waals surface area contributed by atoms with Crippen molar-refractivity contribution in [2.75, 3.05) is 13.2 Å². The van der Waals surface area contributed by atoms with Gasteiger partial charge < -0.3 is 14.2 Å². The van der Waals surface area contributed by atoms with Crippen LogP contribution in [0.15, 0.2) is 48.5 Å². The van der Waals surface area contributed by atoms with Crippen LogP contribution in [0.2, 0.25) is 0 Å². The zero-order chi connectivity index (χ0) is 21.4. The smallest absolute Gasteiger partial charge is 0.321 e. The van der Waals surface area contributed by atoms with Crippen LogP contribution in [0.4, 0.5) is 0 Å². The van der Waals surface area contributed by atoms with Crippen molar-refractivity contribution in [3.8, 4) is 5.75 Å². The highest BCUT2D eigenvalue weighted by atomic mass is 16.7. The minimum absolute atomic E-state index is 0.266. The molecule has 0 bridgehead atoms. The second-order valence-corrected chi connectivity index (χ2v) is 8.50. The van der Waals surface area contributed by atoms with Gasteiger partial charge in [0.15, 0.2) is 6.29 Å². The summed E-state index contributed by atoms with van der Waals surface area (Å²) in [6.45, 7) is 6.73. The van der Waals surface area contributed by atoms with E-state index in [9.17, 15) is 4.79 Å². The molecule has 162 valence electrons. The van der Waals surface area contributed by atoms with Crippen LogP contribution in [-0.4, -0.2) is 19.2 Å². The molecule has 4 nitrogen and oxygen atoms in total. The lowest BCUT2D eigenvalue weighted by molar-refractivity contribution is -0.233. The lowest BCUT2D eigenvalue weighted by atomic mass is 9.92. The van der Waals surface area contributed by atoms with Gasteiger partial charge in [-0.25, -0.2) is 0 Å². The number of benzene rings is 2. The molecule has 1 fully saturated rings. The normalized spacial score (nSPS) is 21.4. The van der Waals surface area contributed by atoms with Crippen LogP contribution < -0.4 is 4.74 Å². The van der Waals surface area contributed by atoms with Crippen molar-refractivity contribution in [3.05, 3.63) is 65.2 Å². The second kappa shape index (κ2) is 10.7. The highest BCUT2D eigenvalue weighted by Crippen LogP contribution is 2.33. The number of hydrogen-bond acceptors (Lipinski definition) is 4. The van der Waals surface area contributed by atoms with E-state index in [1.165, 1.54) is 30.4 Å². The first-order valence-electron chi connectivity index (χ1n) is 11.2. The van der Waals surface area contributed by atoms with Gasteiger partial charge in [0.2, 0.25) is 0 Å². The number of carbonyl (C=O) groups is 1. The molecule has 1 heterocycles. The third kappa shape index (κ3) is 5.93. The largest absolute Gasteiger partial charge is 0.426 e. The number of aryl methyl sites for hydroxylation is 2. The third-order valence-corrected chi connectivity index (χ3v) is 5.59. The van der Waals surface area contributed by atoms with Crippen LogP contribution >= 0.6 is 0 Å². The number of esters is 1. The van der Waals surface area contributed by atoms with Crippen molar-refractivity contribution in [1.82, 2.24) is 0 Å². The van der Waals surface area contributed by atoms with Crippen LogP contribution in [-0.2, 0) is 27.1 Å². The zero-order valence-corrected chi connectivity index (χ0v) is 18.5. The van der Waals surface area contributed by atoms with E-state index in [0.29, 0.717) is 5.75 Å². The van der Waals surface area contributed by atoms with E-state index >= 15 is 0 Å². The van der Waals surface area contributed by atoms with Crippen LogP contribution in [0.25, 0.3) is 0 Å².